The molecule has 1 saturated carbocycles. The van der Waals surface area contributed by atoms with Crippen LogP contribution in [-0.4, -0.2) is 26.0 Å². The highest BCUT2D eigenvalue weighted by atomic mass is 15.1. The predicted molar refractivity (Wildman–Crippen MR) is 110 cm³/mol. The first-order chi connectivity index (χ1) is 13.8. The van der Waals surface area contributed by atoms with Crippen LogP contribution in [0, 0.1) is 11.3 Å². The first kappa shape index (κ1) is 16.7. The Labute approximate surface area is 162 Å². The summed E-state index contributed by atoms with van der Waals surface area (Å²) in [5, 5.41) is 14.6. The number of nitrogens with one attached hydrogen (secondary N) is 2. The van der Waals surface area contributed by atoms with Gasteiger partial charge in [0.15, 0.2) is 0 Å². The second-order valence-electron chi connectivity index (χ2n) is 7.37. The van der Waals surface area contributed by atoms with Gasteiger partial charge >= 0.3 is 0 Å². The topological polar surface area (TPSA) is 90.3 Å². The van der Waals surface area contributed by atoms with Crippen LogP contribution in [-0.2, 0) is 0 Å². The smallest absolute Gasteiger partial charge is 0.223 e. The van der Waals surface area contributed by atoms with Crippen molar-refractivity contribution in [2.24, 2.45) is 0 Å². The largest absolute Gasteiger partial charge is 0.361 e. The summed E-state index contributed by atoms with van der Waals surface area (Å²) in [4.78, 5) is 17.0. The fourth-order valence-corrected chi connectivity index (χ4v) is 4.07. The molecule has 1 aromatic carbocycles. The minimum absolute atomic E-state index is 0.453. The highest BCUT2D eigenvalue weighted by molar-refractivity contribution is 6.03. The van der Waals surface area contributed by atoms with Gasteiger partial charge < -0.3 is 10.3 Å². The van der Waals surface area contributed by atoms with Gasteiger partial charge in [-0.3, -0.25) is 4.98 Å². The Morgan fingerprint density at radius 1 is 1.07 bits per heavy atom. The molecule has 0 radical (unpaired) electrons. The molecule has 0 bridgehead atoms. The van der Waals surface area contributed by atoms with Gasteiger partial charge in [0.1, 0.15) is 0 Å². The molecule has 138 valence electrons. The van der Waals surface area contributed by atoms with E-state index in [-0.39, 0.29) is 0 Å². The van der Waals surface area contributed by atoms with Gasteiger partial charge in [0.2, 0.25) is 5.95 Å². The lowest BCUT2D eigenvalue weighted by Crippen LogP contribution is -2.23. The maximum absolute atomic E-state index is 9.13. The molecular weight excluding hydrogens is 348 g/mol. The molecule has 5 rings (SSSR count). The quantitative estimate of drug-likeness (QED) is 0.542. The van der Waals surface area contributed by atoms with Crippen molar-refractivity contribution in [2.75, 3.05) is 5.32 Å². The fourth-order valence-electron chi connectivity index (χ4n) is 4.07. The number of nitrogens with zero attached hydrogens (tertiary/aromatic N) is 4. The zero-order chi connectivity index (χ0) is 18.9. The molecule has 0 unspecified atom stereocenters. The zero-order valence-electron chi connectivity index (χ0n) is 15.4. The Kier molecular flexibility index (Phi) is 4.13. The molecule has 0 saturated heterocycles. The minimum Gasteiger partial charge on any atom is -0.361 e. The van der Waals surface area contributed by atoms with Gasteiger partial charge in [0.05, 0.1) is 17.1 Å². The van der Waals surface area contributed by atoms with Crippen LogP contribution in [0.1, 0.15) is 37.7 Å². The van der Waals surface area contributed by atoms with Gasteiger partial charge in [-0.2, -0.15) is 5.26 Å². The van der Waals surface area contributed by atoms with E-state index in [1.165, 1.54) is 32.1 Å². The van der Waals surface area contributed by atoms with Crippen LogP contribution in [0.25, 0.3) is 32.9 Å². The molecule has 0 aliphatic heterocycles. The number of anilines is 1. The van der Waals surface area contributed by atoms with E-state index < -0.39 is 0 Å². The normalized spacial score (nSPS) is 15.0. The summed E-state index contributed by atoms with van der Waals surface area (Å²) in [5.41, 5.74) is 4.44. The van der Waals surface area contributed by atoms with Gasteiger partial charge in [0.25, 0.3) is 0 Å². The standard InChI is InChI=1S/C22H20N6/c23-9-14-6-7-17-18(13-25-20(17)8-14)19-12-24-10-15-11-26-22(28-21(15)19)27-16-4-2-1-3-5-16/h6-8,10-13,16,25H,1-5H2,(H,26,27,28). The van der Waals surface area contributed by atoms with Crippen LogP contribution in [0.5, 0.6) is 0 Å². The predicted octanol–water partition coefficient (Wildman–Crippen LogP) is 4.79. The molecule has 0 spiro atoms. The number of benzene rings is 1. The van der Waals surface area contributed by atoms with Crippen molar-refractivity contribution in [1.29, 1.82) is 5.26 Å². The van der Waals surface area contributed by atoms with Crippen molar-refractivity contribution < 1.29 is 0 Å². The van der Waals surface area contributed by atoms with E-state index in [0.717, 1.165) is 32.9 Å². The molecule has 6 nitrogen and oxygen atoms in total. The van der Waals surface area contributed by atoms with Crippen molar-refractivity contribution in [3.8, 4) is 17.2 Å². The van der Waals surface area contributed by atoms with E-state index in [9.17, 15) is 0 Å². The number of aromatic nitrogens is 4. The number of nitriles is 1. The zero-order valence-corrected chi connectivity index (χ0v) is 15.4. The Bertz CT molecular complexity index is 1200. The van der Waals surface area contributed by atoms with Crippen LogP contribution in [0.3, 0.4) is 0 Å². The lowest BCUT2D eigenvalue weighted by atomic mass is 9.96. The lowest BCUT2D eigenvalue weighted by Gasteiger charge is -2.22. The third-order valence-electron chi connectivity index (χ3n) is 5.53. The van der Waals surface area contributed by atoms with Crippen molar-refractivity contribution in [3.63, 3.8) is 0 Å². The van der Waals surface area contributed by atoms with Crippen molar-refractivity contribution in [2.45, 2.75) is 38.1 Å². The SMILES string of the molecule is N#Cc1ccc2c(-c3cncc4cnc(NC5CCCCC5)nc34)c[nH]c2c1. The highest BCUT2D eigenvalue weighted by Crippen LogP contribution is 2.33. The molecule has 6 heteroatoms. The average Bonchev–Trinajstić information content (AvgIpc) is 3.17. The molecule has 4 aromatic rings. The maximum atomic E-state index is 9.13. The number of rotatable bonds is 3. The van der Waals surface area contributed by atoms with Gasteiger partial charge in [-0.25, -0.2) is 9.97 Å². The van der Waals surface area contributed by atoms with E-state index in [1.807, 2.05) is 36.8 Å². The molecule has 1 aliphatic carbocycles. The fraction of sp³-hybridized carbons (Fsp3) is 0.273. The molecule has 0 amide bonds. The molecule has 28 heavy (non-hydrogen) atoms. The lowest BCUT2D eigenvalue weighted by molar-refractivity contribution is 0.461. The van der Waals surface area contributed by atoms with Crippen molar-refractivity contribution >= 4 is 27.8 Å². The summed E-state index contributed by atoms with van der Waals surface area (Å²) in [6, 6.07) is 8.31. The van der Waals surface area contributed by atoms with Crippen molar-refractivity contribution in [1.82, 2.24) is 19.9 Å². The molecule has 0 atom stereocenters. The Morgan fingerprint density at radius 2 is 1.96 bits per heavy atom. The second kappa shape index (κ2) is 6.93. The van der Waals surface area contributed by atoms with Crippen LogP contribution in [0.4, 0.5) is 5.95 Å². The Balaban J connectivity index is 1.59. The summed E-state index contributed by atoms with van der Waals surface area (Å²) >= 11 is 0. The van der Waals surface area contributed by atoms with E-state index in [2.05, 4.69) is 26.3 Å². The summed E-state index contributed by atoms with van der Waals surface area (Å²) in [5.74, 6) is 0.679. The Morgan fingerprint density at radius 3 is 2.82 bits per heavy atom. The highest BCUT2D eigenvalue weighted by Gasteiger charge is 2.16. The van der Waals surface area contributed by atoms with Gasteiger partial charge in [-0.1, -0.05) is 25.3 Å². The number of pyridine rings is 1. The number of H-pyrrole nitrogens is 1. The number of aromatic amines is 1. The van der Waals surface area contributed by atoms with Gasteiger partial charge in [0, 0.05) is 58.2 Å². The monoisotopic (exact) mass is 368 g/mol. The van der Waals surface area contributed by atoms with E-state index in [4.69, 9.17) is 10.2 Å². The third-order valence-corrected chi connectivity index (χ3v) is 5.53. The van der Waals surface area contributed by atoms with Crippen LogP contribution in [0.15, 0.2) is 43.0 Å². The van der Waals surface area contributed by atoms with E-state index >= 15 is 0 Å². The maximum Gasteiger partial charge on any atom is 0.223 e. The minimum atomic E-state index is 0.453. The van der Waals surface area contributed by atoms with Crippen molar-refractivity contribution in [3.05, 3.63) is 48.5 Å². The first-order valence-electron chi connectivity index (χ1n) is 9.71. The molecule has 2 N–H and O–H groups in total. The number of fused-ring (bicyclic) bond motifs is 2. The van der Waals surface area contributed by atoms with E-state index in [0.29, 0.717) is 17.6 Å². The molecule has 3 aromatic heterocycles. The second-order valence-corrected chi connectivity index (χ2v) is 7.37. The average molecular weight is 368 g/mol. The summed E-state index contributed by atoms with van der Waals surface area (Å²) < 4.78 is 0. The number of hydrogen-bond acceptors (Lipinski definition) is 5. The first-order valence-corrected chi connectivity index (χ1v) is 9.71. The van der Waals surface area contributed by atoms with Crippen LogP contribution >= 0.6 is 0 Å². The summed E-state index contributed by atoms with van der Waals surface area (Å²) in [6.07, 6.45) is 13.6. The summed E-state index contributed by atoms with van der Waals surface area (Å²) in [6.45, 7) is 0. The Hall–Kier alpha value is -3.46. The van der Waals surface area contributed by atoms with Gasteiger partial charge in [-0.15, -0.1) is 0 Å². The number of hydrogen-bond donors (Lipinski definition) is 2. The van der Waals surface area contributed by atoms with Crippen LogP contribution < -0.4 is 5.32 Å². The summed E-state index contributed by atoms with van der Waals surface area (Å²) in [7, 11) is 0. The molecular formula is C22H20N6. The molecule has 1 fully saturated rings. The van der Waals surface area contributed by atoms with Gasteiger partial charge in [-0.05, 0) is 25.0 Å². The molecule has 3 heterocycles. The van der Waals surface area contributed by atoms with E-state index in [1.54, 1.807) is 6.20 Å². The van der Waals surface area contributed by atoms with Crippen LogP contribution in [0.2, 0.25) is 0 Å². The third kappa shape index (κ3) is 2.95. The molecule has 1 aliphatic rings.